The fourth-order valence-corrected chi connectivity index (χ4v) is 3.76. The summed E-state index contributed by atoms with van der Waals surface area (Å²) in [5.74, 6) is -1.11. The van der Waals surface area contributed by atoms with Crippen LogP contribution >= 0.6 is 11.8 Å². The average Bonchev–Trinajstić information content (AvgIpc) is 2.99. The van der Waals surface area contributed by atoms with Gasteiger partial charge in [-0.1, -0.05) is 24.6 Å². The number of anilines is 2. The molecule has 0 bridgehead atoms. The maximum atomic E-state index is 13.0. The van der Waals surface area contributed by atoms with E-state index in [9.17, 15) is 18.8 Å². The van der Waals surface area contributed by atoms with Gasteiger partial charge in [0.05, 0.1) is 5.75 Å². The summed E-state index contributed by atoms with van der Waals surface area (Å²) >= 11 is 1.09. The molecule has 0 saturated carbocycles. The van der Waals surface area contributed by atoms with Crippen molar-refractivity contribution in [3.63, 3.8) is 0 Å². The van der Waals surface area contributed by atoms with Crippen molar-refractivity contribution in [1.82, 2.24) is 14.9 Å². The molecule has 1 aliphatic heterocycles. The van der Waals surface area contributed by atoms with Crippen molar-refractivity contribution in [2.24, 2.45) is 0 Å². The van der Waals surface area contributed by atoms with Gasteiger partial charge >= 0.3 is 0 Å². The van der Waals surface area contributed by atoms with Crippen LogP contribution in [0.4, 0.5) is 15.9 Å². The Bertz CT molecular complexity index is 940. The molecule has 1 fully saturated rings. The van der Waals surface area contributed by atoms with E-state index in [1.54, 1.807) is 0 Å². The fraction of sp³-hybridized carbons (Fsp3) is 0.368. The van der Waals surface area contributed by atoms with Crippen molar-refractivity contribution in [2.75, 3.05) is 29.9 Å². The van der Waals surface area contributed by atoms with Gasteiger partial charge < -0.3 is 16.0 Å². The lowest BCUT2D eigenvalue weighted by Crippen LogP contribution is -2.33. The quantitative estimate of drug-likeness (QED) is 0.505. The highest BCUT2D eigenvalue weighted by molar-refractivity contribution is 7.99. The van der Waals surface area contributed by atoms with Gasteiger partial charge in [-0.25, -0.2) is 9.37 Å². The number of nitrogens with two attached hydrogens (primary N) is 1. The predicted molar refractivity (Wildman–Crippen MR) is 109 cm³/mol. The van der Waals surface area contributed by atoms with E-state index in [1.165, 1.54) is 12.1 Å². The Morgan fingerprint density at radius 3 is 2.45 bits per heavy atom. The number of thioether (sulfide) groups is 1. The molecular weight excluding hydrogens is 397 g/mol. The zero-order valence-electron chi connectivity index (χ0n) is 15.7. The van der Waals surface area contributed by atoms with Gasteiger partial charge in [0.15, 0.2) is 11.0 Å². The minimum Gasteiger partial charge on any atom is -0.382 e. The van der Waals surface area contributed by atoms with Crippen LogP contribution < -0.4 is 16.6 Å². The largest absolute Gasteiger partial charge is 0.382 e. The molecule has 2 heterocycles. The normalized spacial score (nSPS) is 14.3. The first-order valence-electron chi connectivity index (χ1n) is 9.31. The van der Waals surface area contributed by atoms with Gasteiger partial charge in [-0.3, -0.25) is 19.4 Å². The molecule has 3 rings (SSSR count). The predicted octanol–water partition coefficient (Wildman–Crippen LogP) is 2.24. The Labute approximate surface area is 171 Å². The molecular formula is C19H22FN5O3S. The molecule has 0 radical (unpaired) electrons. The third-order valence-electron chi connectivity index (χ3n) is 4.56. The van der Waals surface area contributed by atoms with Gasteiger partial charge in [-0.15, -0.1) is 0 Å². The summed E-state index contributed by atoms with van der Waals surface area (Å²) in [6, 6.07) is 4.87. The first-order valence-corrected chi connectivity index (χ1v) is 10.3. The monoisotopic (exact) mass is 419 g/mol. The number of carbonyl (C=O) groups excluding carboxylic acids is 2. The van der Waals surface area contributed by atoms with Crippen LogP contribution in [0, 0.1) is 5.82 Å². The number of hydrogen-bond acceptors (Lipinski definition) is 6. The number of aromatic nitrogens is 2. The Morgan fingerprint density at radius 1 is 1.17 bits per heavy atom. The number of aromatic amines is 1. The molecule has 0 spiro atoms. The van der Waals surface area contributed by atoms with E-state index in [-0.39, 0.29) is 33.9 Å². The van der Waals surface area contributed by atoms with Gasteiger partial charge in [-0.2, -0.15) is 0 Å². The third-order valence-corrected chi connectivity index (χ3v) is 5.42. The van der Waals surface area contributed by atoms with Crippen LogP contribution in [0.25, 0.3) is 0 Å². The van der Waals surface area contributed by atoms with Crippen LogP contribution in [0.5, 0.6) is 0 Å². The maximum absolute atomic E-state index is 13.0. The lowest BCUT2D eigenvalue weighted by atomic mass is 10.2. The molecule has 1 aromatic heterocycles. The van der Waals surface area contributed by atoms with Crippen LogP contribution in [0.1, 0.15) is 36.0 Å². The summed E-state index contributed by atoms with van der Waals surface area (Å²) < 4.78 is 13.0. The average molecular weight is 419 g/mol. The summed E-state index contributed by atoms with van der Waals surface area (Å²) in [5.41, 5.74) is 5.18. The molecule has 8 nitrogen and oxygen atoms in total. The maximum Gasteiger partial charge on any atom is 0.277 e. The van der Waals surface area contributed by atoms with Crippen LogP contribution in [0.3, 0.4) is 0 Å². The van der Waals surface area contributed by atoms with Gasteiger partial charge in [-0.05, 0) is 37.1 Å². The van der Waals surface area contributed by atoms with Crippen LogP contribution in [-0.2, 0) is 4.79 Å². The Morgan fingerprint density at radius 2 is 1.83 bits per heavy atom. The minimum atomic E-state index is -0.627. The zero-order valence-corrected chi connectivity index (χ0v) is 16.6. The van der Waals surface area contributed by atoms with Gasteiger partial charge in [0, 0.05) is 18.7 Å². The molecule has 1 aliphatic rings. The minimum absolute atomic E-state index is 0.00758. The van der Waals surface area contributed by atoms with E-state index in [2.05, 4.69) is 15.3 Å². The number of halogens is 1. The summed E-state index contributed by atoms with van der Waals surface area (Å²) in [7, 11) is 0. The number of benzene rings is 1. The second kappa shape index (κ2) is 9.55. The van der Waals surface area contributed by atoms with Crippen molar-refractivity contribution in [1.29, 1.82) is 0 Å². The lowest BCUT2D eigenvalue weighted by molar-refractivity contribution is -0.128. The van der Waals surface area contributed by atoms with Crippen molar-refractivity contribution < 1.29 is 14.0 Å². The molecule has 1 saturated heterocycles. The van der Waals surface area contributed by atoms with Crippen molar-refractivity contribution >= 4 is 35.1 Å². The number of carbonyl (C=O) groups is 2. The van der Waals surface area contributed by atoms with Crippen LogP contribution in [0.2, 0.25) is 0 Å². The van der Waals surface area contributed by atoms with Gasteiger partial charge in [0.25, 0.3) is 11.5 Å². The standard InChI is InChI=1S/C19H22FN5O3S/c20-13-7-5-12(6-8-13)17(27)22-15-16(21)23-19(24-18(15)28)29-11-14(26)25-9-3-1-2-4-10-25/h5-8H,1-4,9-11H2,(H,22,27)(H3,21,23,24,28). The fourth-order valence-electron chi connectivity index (χ4n) is 2.99. The summed E-state index contributed by atoms with van der Waals surface area (Å²) in [5, 5.41) is 2.59. The van der Waals surface area contributed by atoms with Gasteiger partial charge in [0.2, 0.25) is 5.91 Å². The highest BCUT2D eigenvalue weighted by Gasteiger charge is 2.18. The topological polar surface area (TPSA) is 121 Å². The molecule has 2 amide bonds. The number of hydrogen-bond donors (Lipinski definition) is 3. The van der Waals surface area contributed by atoms with Crippen LogP contribution in [-0.4, -0.2) is 45.5 Å². The molecule has 29 heavy (non-hydrogen) atoms. The number of nitrogen functional groups attached to an aromatic ring is 1. The molecule has 2 aromatic rings. The number of nitrogens with one attached hydrogen (secondary N) is 2. The first-order chi connectivity index (χ1) is 13.9. The van der Waals surface area contributed by atoms with Crippen molar-refractivity contribution in [3.05, 3.63) is 46.0 Å². The van der Waals surface area contributed by atoms with E-state index < -0.39 is 17.3 Å². The lowest BCUT2D eigenvalue weighted by Gasteiger charge is -2.19. The molecule has 154 valence electrons. The number of likely N-dealkylation sites (tertiary alicyclic amines) is 1. The molecule has 0 aliphatic carbocycles. The second-order valence-electron chi connectivity index (χ2n) is 6.68. The summed E-state index contributed by atoms with van der Waals surface area (Å²) in [4.78, 5) is 45.3. The van der Waals surface area contributed by atoms with E-state index in [0.717, 1.165) is 62.7 Å². The number of rotatable bonds is 5. The SMILES string of the molecule is Nc1nc(SCC(=O)N2CCCCCC2)[nH]c(=O)c1NC(=O)c1ccc(F)cc1. The van der Waals surface area contributed by atoms with E-state index in [4.69, 9.17) is 5.73 Å². The number of H-pyrrole nitrogens is 1. The highest BCUT2D eigenvalue weighted by atomic mass is 32.2. The number of amides is 2. The Kier molecular flexibility index (Phi) is 6.86. The van der Waals surface area contributed by atoms with E-state index >= 15 is 0 Å². The molecule has 0 atom stereocenters. The van der Waals surface area contributed by atoms with Crippen molar-refractivity contribution in [3.8, 4) is 0 Å². The summed E-state index contributed by atoms with van der Waals surface area (Å²) in [6.07, 6.45) is 4.27. The molecule has 10 heteroatoms. The second-order valence-corrected chi connectivity index (χ2v) is 7.64. The Balaban J connectivity index is 1.64. The van der Waals surface area contributed by atoms with E-state index in [0.29, 0.717) is 0 Å². The van der Waals surface area contributed by atoms with Crippen molar-refractivity contribution in [2.45, 2.75) is 30.8 Å². The molecule has 4 N–H and O–H groups in total. The Hall–Kier alpha value is -2.88. The smallest absolute Gasteiger partial charge is 0.277 e. The highest BCUT2D eigenvalue weighted by Crippen LogP contribution is 2.19. The third kappa shape index (κ3) is 5.57. The zero-order chi connectivity index (χ0) is 20.8. The summed E-state index contributed by atoms with van der Waals surface area (Å²) in [6.45, 7) is 1.50. The van der Waals surface area contributed by atoms with E-state index in [1.807, 2.05) is 4.90 Å². The first kappa shape index (κ1) is 20.8. The van der Waals surface area contributed by atoms with Gasteiger partial charge in [0.1, 0.15) is 11.5 Å². The number of nitrogens with zero attached hydrogens (tertiary/aromatic N) is 2. The molecule has 0 unspecified atom stereocenters. The molecule has 1 aromatic carbocycles. The van der Waals surface area contributed by atoms with Crippen LogP contribution in [0.15, 0.2) is 34.2 Å².